The van der Waals surface area contributed by atoms with E-state index >= 15 is 0 Å². The Hall–Kier alpha value is -1.09. The Labute approximate surface area is 109 Å². The Balaban J connectivity index is 1.99. The number of nitrogens with one attached hydrogen (secondary N) is 1. The molecule has 0 radical (unpaired) electrons. The minimum atomic E-state index is 0.0503. The van der Waals surface area contributed by atoms with Crippen LogP contribution in [-0.4, -0.2) is 32.4 Å². The van der Waals surface area contributed by atoms with Crippen LogP contribution in [0.1, 0.15) is 5.56 Å². The van der Waals surface area contributed by atoms with Crippen LogP contribution in [0.5, 0.6) is 5.75 Å². The largest absolute Gasteiger partial charge is 0.489 e. The molecule has 1 fully saturated rings. The van der Waals surface area contributed by atoms with E-state index in [0.717, 1.165) is 17.6 Å². The Morgan fingerprint density at radius 2 is 2.47 bits per heavy atom. The maximum atomic E-state index is 9.03. The molecule has 1 N–H and O–H groups in total. The summed E-state index contributed by atoms with van der Waals surface area (Å²) in [6, 6.07) is 7.59. The summed E-state index contributed by atoms with van der Waals surface area (Å²) < 4.78 is 11.9. The van der Waals surface area contributed by atoms with Crippen LogP contribution in [0.2, 0.25) is 0 Å². The van der Waals surface area contributed by atoms with Gasteiger partial charge in [-0.05, 0) is 28.1 Å². The van der Waals surface area contributed by atoms with Crippen LogP contribution in [0, 0.1) is 11.3 Å². The van der Waals surface area contributed by atoms with Gasteiger partial charge in [-0.15, -0.1) is 0 Å². The summed E-state index contributed by atoms with van der Waals surface area (Å²) in [6.07, 6.45) is 0.0503. The van der Waals surface area contributed by atoms with Gasteiger partial charge in [-0.3, -0.25) is 0 Å². The van der Waals surface area contributed by atoms with Crippen molar-refractivity contribution in [2.75, 3.05) is 26.3 Å². The molecule has 0 bridgehead atoms. The van der Waals surface area contributed by atoms with Crippen molar-refractivity contribution in [1.82, 2.24) is 5.32 Å². The summed E-state index contributed by atoms with van der Waals surface area (Å²) in [5, 5.41) is 12.3. The molecule has 1 unspecified atom stereocenters. The van der Waals surface area contributed by atoms with Crippen LogP contribution in [0.25, 0.3) is 0 Å². The lowest BCUT2D eigenvalue weighted by Crippen LogP contribution is -2.41. The normalized spacial score (nSPS) is 19.6. The van der Waals surface area contributed by atoms with E-state index in [1.54, 1.807) is 6.07 Å². The van der Waals surface area contributed by atoms with E-state index in [1.165, 1.54) is 0 Å². The summed E-state index contributed by atoms with van der Waals surface area (Å²) in [7, 11) is 0. The summed E-state index contributed by atoms with van der Waals surface area (Å²) in [6.45, 7) is 2.84. The molecule has 4 nitrogen and oxygen atoms in total. The molecule has 90 valence electrons. The molecule has 0 amide bonds. The summed E-state index contributed by atoms with van der Waals surface area (Å²) in [5.41, 5.74) is 0.524. The third-order valence-corrected chi connectivity index (χ3v) is 3.18. The van der Waals surface area contributed by atoms with Gasteiger partial charge in [-0.25, -0.2) is 0 Å². The third-order valence-electron chi connectivity index (χ3n) is 2.52. The van der Waals surface area contributed by atoms with Gasteiger partial charge in [-0.2, -0.15) is 5.26 Å². The molecule has 1 aliphatic heterocycles. The smallest absolute Gasteiger partial charge is 0.138 e. The summed E-state index contributed by atoms with van der Waals surface area (Å²) >= 11 is 3.33. The van der Waals surface area contributed by atoms with Crippen molar-refractivity contribution in [3.63, 3.8) is 0 Å². The number of hydrogen-bond acceptors (Lipinski definition) is 4. The van der Waals surface area contributed by atoms with E-state index in [2.05, 4.69) is 27.3 Å². The van der Waals surface area contributed by atoms with Crippen molar-refractivity contribution < 1.29 is 9.47 Å². The number of benzene rings is 1. The highest BCUT2D eigenvalue weighted by atomic mass is 79.9. The number of morpholine rings is 1. The van der Waals surface area contributed by atoms with E-state index in [9.17, 15) is 0 Å². The lowest BCUT2D eigenvalue weighted by atomic mass is 10.2. The topological polar surface area (TPSA) is 54.3 Å². The Kier molecular flexibility index (Phi) is 4.37. The monoisotopic (exact) mass is 296 g/mol. The average molecular weight is 297 g/mol. The number of nitriles is 1. The molecular formula is C12H13BrN2O2. The van der Waals surface area contributed by atoms with Gasteiger partial charge in [0.05, 0.1) is 6.61 Å². The van der Waals surface area contributed by atoms with Crippen molar-refractivity contribution >= 4 is 15.9 Å². The van der Waals surface area contributed by atoms with Gasteiger partial charge < -0.3 is 14.8 Å². The summed E-state index contributed by atoms with van der Waals surface area (Å²) in [5.74, 6) is 0.594. The minimum absolute atomic E-state index is 0.0503. The van der Waals surface area contributed by atoms with Crippen molar-refractivity contribution in [2.24, 2.45) is 0 Å². The fourth-order valence-corrected chi connectivity index (χ4v) is 2.08. The maximum absolute atomic E-state index is 9.03. The van der Waals surface area contributed by atoms with Gasteiger partial charge in [0.1, 0.15) is 30.1 Å². The number of nitrogens with zero attached hydrogens (tertiary/aromatic N) is 1. The molecule has 1 aromatic carbocycles. The SMILES string of the molecule is N#Cc1c(Br)cccc1OCC1CNCCO1. The highest BCUT2D eigenvalue weighted by Gasteiger charge is 2.15. The molecule has 5 heteroatoms. The predicted octanol–water partition coefficient (Wildman–Crippen LogP) is 1.69. The minimum Gasteiger partial charge on any atom is -0.489 e. The Morgan fingerprint density at radius 3 is 3.18 bits per heavy atom. The van der Waals surface area contributed by atoms with Crippen molar-refractivity contribution in [2.45, 2.75) is 6.10 Å². The summed E-state index contributed by atoms with van der Waals surface area (Å²) in [4.78, 5) is 0. The number of rotatable bonds is 3. The Morgan fingerprint density at radius 1 is 1.59 bits per heavy atom. The highest BCUT2D eigenvalue weighted by Crippen LogP contribution is 2.25. The van der Waals surface area contributed by atoms with Gasteiger partial charge in [0, 0.05) is 17.6 Å². The number of ether oxygens (including phenoxy) is 2. The van der Waals surface area contributed by atoms with Crippen molar-refractivity contribution in [1.29, 1.82) is 5.26 Å². The molecule has 0 aromatic heterocycles. The second-order valence-electron chi connectivity index (χ2n) is 3.73. The van der Waals surface area contributed by atoms with Crippen LogP contribution >= 0.6 is 15.9 Å². The van der Waals surface area contributed by atoms with Crippen LogP contribution in [0.3, 0.4) is 0 Å². The number of hydrogen-bond donors (Lipinski definition) is 1. The average Bonchev–Trinajstić information content (AvgIpc) is 2.37. The van der Waals surface area contributed by atoms with Gasteiger partial charge in [-0.1, -0.05) is 6.07 Å². The molecule has 1 heterocycles. The zero-order valence-electron chi connectivity index (χ0n) is 9.28. The molecule has 2 rings (SSSR count). The van der Waals surface area contributed by atoms with Crippen LogP contribution in [-0.2, 0) is 4.74 Å². The van der Waals surface area contributed by atoms with Crippen LogP contribution < -0.4 is 10.1 Å². The van der Waals surface area contributed by atoms with Crippen molar-refractivity contribution in [3.05, 3.63) is 28.2 Å². The first-order chi connectivity index (χ1) is 8.31. The van der Waals surface area contributed by atoms with E-state index in [0.29, 0.717) is 24.5 Å². The van der Waals surface area contributed by atoms with Gasteiger partial charge in [0.25, 0.3) is 0 Å². The molecule has 1 saturated heterocycles. The van der Waals surface area contributed by atoms with E-state index in [4.69, 9.17) is 14.7 Å². The second kappa shape index (κ2) is 6.01. The lowest BCUT2D eigenvalue weighted by Gasteiger charge is -2.23. The third kappa shape index (κ3) is 3.19. The van der Waals surface area contributed by atoms with E-state index in [-0.39, 0.29) is 6.10 Å². The molecule has 1 aliphatic rings. The zero-order valence-corrected chi connectivity index (χ0v) is 10.9. The van der Waals surface area contributed by atoms with E-state index in [1.807, 2.05) is 12.1 Å². The highest BCUT2D eigenvalue weighted by molar-refractivity contribution is 9.10. The molecule has 1 aromatic rings. The quantitative estimate of drug-likeness (QED) is 0.922. The first kappa shape index (κ1) is 12.4. The Bertz CT molecular complexity index is 425. The van der Waals surface area contributed by atoms with Gasteiger partial charge in [0.2, 0.25) is 0 Å². The molecule has 0 aliphatic carbocycles. The van der Waals surface area contributed by atoms with Crippen LogP contribution in [0.15, 0.2) is 22.7 Å². The predicted molar refractivity (Wildman–Crippen MR) is 67.0 cm³/mol. The zero-order chi connectivity index (χ0) is 12.1. The molecule has 0 spiro atoms. The second-order valence-corrected chi connectivity index (χ2v) is 4.59. The van der Waals surface area contributed by atoms with Gasteiger partial charge in [0.15, 0.2) is 0 Å². The first-order valence-electron chi connectivity index (χ1n) is 5.45. The van der Waals surface area contributed by atoms with Gasteiger partial charge >= 0.3 is 0 Å². The van der Waals surface area contributed by atoms with E-state index < -0.39 is 0 Å². The standard InChI is InChI=1S/C12H13BrN2O2/c13-11-2-1-3-12(10(11)6-14)17-8-9-7-15-4-5-16-9/h1-3,9,15H,4-5,7-8H2. The molecule has 17 heavy (non-hydrogen) atoms. The fraction of sp³-hybridized carbons (Fsp3) is 0.417. The molecule has 0 saturated carbocycles. The number of halogens is 1. The molecular weight excluding hydrogens is 284 g/mol. The van der Waals surface area contributed by atoms with Crippen LogP contribution in [0.4, 0.5) is 0 Å². The molecule has 1 atom stereocenters. The first-order valence-corrected chi connectivity index (χ1v) is 6.24. The fourth-order valence-electron chi connectivity index (χ4n) is 1.64. The lowest BCUT2D eigenvalue weighted by molar-refractivity contribution is 0.000128. The maximum Gasteiger partial charge on any atom is 0.138 e. The van der Waals surface area contributed by atoms with Crippen molar-refractivity contribution in [3.8, 4) is 11.8 Å².